The van der Waals surface area contributed by atoms with E-state index in [1.165, 1.54) is 12.3 Å². The lowest BCUT2D eigenvalue weighted by atomic mass is 9.95. The third-order valence-electron chi connectivity index (χ3n) is 6.85. The summed E-state index contributed by atoms with van der Waals surface area (Å²) in [6.45, 7) is -5.98. The topological polar surface area (TPSA) is 17.0 Å². The van der Waals surface area contributed by atoms with Gasteiger partial charge in [-0.25, -0.2) is 4.57 Å². The summed E-state index contributed by atoms with van der Waals surface area (Å²) in [5.74, 6) is 0. The monoisotopic (exact) mass is 477 g/mol. The molecule has 4 aromatic carbocycles. The summed E-state index contributed by atoms with van der Waals surface area (Å²) in [4.78, 5) is 0. The van der Waals surface area contributed by atoms with Crippen molar-refractivity contribution < 1.29 is 21.3 Å². The van der Waals surface area contributed by atoms with Gasteiger partial charge < -0.3 is 4.42 Å². The number of nitrogens with zero attached hydrogens (tertiary/aromatic N) is 1. The third kappa shape index (κ3) is 3.53. The first-order chi connectivity index (χ1) is 21.1. The number of furan rings is 1. The summed E-state index contributed by atoms with van der Waals surface area (Å²) < 4.78 is 81.7. The minimum absolute atomic E-state index is 0.0811. The first-order valence-electron chi connectivity index (χ1n) is 16.3. The lowest BCUT2D eigenvalue weighted by Crippen LogP contribution is -2.31. The minimum Gasteiger partial charge on any atom is -0.455 e. The normalized spacial score (nSPS) is 16.2. The molecule has 0 aliphatic heterocycles. The van der Waals surface area contributed by atoms with Crippen molar-refractivity contribution in [2.24, 2.45) is 7.05 Å². The van der Waals surface area contributed by atoms with Gasteiger partial charge in [0.15, 0.2) is 6.20 Å². The van der Waals surface area contributed by atoms with Crippen LogP contribution < -0.4 is 4.57 Å². The van der Waals surface area contributed by atoms with Crippen LogP contribution in [0.3, 0.4) is 0 Å². The molecule has 176 valence electrons. The Morgan fingerprint density at radius 3 is 2.11 bits per heavy atom. The SMILES string of the molecule is [2H]C([2H])([2H])c1cc(-c2c(C)ccc3c2oc2c(C([2H])([2H])[2H])c(-c4ccc(-c5ccccc5)cc4)ccc23)[n+](C)cc1C([2H])([2H])[2H]. The molecule has 0 aliphatic rings. The van der Waals surface area contributed by atoms with Gasteiger partial charge in [-0.2, -0.15) is 0 Å². The van der Waals surface area contributed by atoms with Crippen LogP contribution in [0.5, 0.6) is 0 Å². The molecule has 2 heterocycles. The lowest BCUT2D eigenvalue weighted by Gasteiger charge is -2.08. The number of rotatable bonds is 3. The summed E-state index contributed by atoms with van der Waals surface area (Å²) in [6, 6.07) is 26.4. The van der Waals surface area contributed by atoms with Crippen LogP contribution in [-0.2, 0) is 7.05 Å². The molecule has 0 bridgehead atoms. The highest BCUT2D eigenvalue weighted by Crippen LogP contribution is 2.40. The van der Waals surface area contributed by atoms with Crippen molar-refractivity contribution >= 4 is 21.9 Å². The fourth-order valence-electron chi connectivity index (χ4n) is 4.93. The van der Waals surface area contributed by atoms with Crippen molar-refractivity contribution in [3.63, 3.8) is 0 Å². The molecule has 0 aliphatic carbocycles. The highest BCUT2D eigenvalue weighted by Gasteiger charge is 2.22. The van der Waals surface area contributed by atoms with Gasteiger partial charge in [-0.1, -0.05) is 72.8 Å². The predicted molar refractivity (Wildman–Crippen MR) is 150 cm³/mol. The summed E-state index contributed by atoms with van der Waals surface area (Å²) in [6.07, 6.45) is 1.33. The van der Waals surface area contributed by atoms with Crippen LogP contribution in [0.1, 0.15) is 34.6 Å². The first kappa shape index (κ1) is 14.4. The maximum absolute atomic E-state index is 8.52. The second kappa shape index (κ2) is 8.49. The van der Waals surface area contributed by atoms with Crippen molar-refractivity contribution in [3.8, 4) is 33.5 Å². The number of pyridine rings is 1. The number of hydrogen-bond acceptors (Lipinski definition) is 1. The molecule has 36 heavy (non-hydrogen) atoms. The van der Waals surface area contributed by atoms with Gasteiger partial charge in [0.05, 0.1) is 5.56 Å². The minimum atomic E-state index is -2.68. The Morgan fingerprint density at radius 1 is 0.667 bits per heavy atom. The van der Waals surface area contributed by atoms with E-state index in [1.54, 1.807) is 17.7 Å². The summed E-state index contributed by atoms with van der Waals surface area (Å²) >= 11 is 0. The molecule has 0 saturated heterocycles. The van der Waals surface area contributed by atoms with E-state index in [1.807, 2.05) is 79.7 Å². The van der Waals surface area contributed by atoms with Crippen LogP contribution in [0.15, 0.2) is 95.5 Å². The molecule has 2 aromatic heterocycles. The van der Waals surface area contributed by atoms with Crippen LogP contribution in [0.2, 0.25) is 0 Å². The molecule has 2 heteroatoms. The van der Waals surface area contributed by atoms with Crippen molar-refractivity contribution in [1.82, 2.24) is 0 Å². The van der Waals surface area contributed by atoms with Gasteiger partial charge in [-0.05, 0) is 66.9 Å². The van der Waals surface area contributed by atoms with Gasteiger partial charge in [0.2, 0.25) is 5.69 Å². The number of aromatic nitrogens is 1. The second-order valence-corrected chi connectivity index (χ2v) is 9.14. The molecule has 0 radical (unpaired) electrons. The highest BCUT2D eigenvalue weighted by atomic mass is 16.3. The fraction of sp³-hybridized carbons (Fsp3) is 0.147. The zero-order valence-corrected chi connectivity index (χ0v) is 20.0. The van der Waals surface area contributed by atoms with E-state index in [9.17, 15) is 0 Å². The van der Waals surface area contributed by atoms with Crippen molar-refractivity contribution in [3.05, 3.63) is 113 Å². The van der Waals surface area contributed by atoms with Gasteiger partial charge in [0.1, 0.15) is 18.2 Å². The number of hydrogen-bond donors (Lipinski definition) is 0. The van der Waals surface area contributed by atoms with Crippen LogP contribution in [0.4, 0.5) is 0 Å². The third-order valence-corrected chi connectivity index (χ3v) is 6.85. The standard InChI is InChI=1S/C34H30NO/c1-21-11-16-30-29-18-17-28(27-14-12-26(13-15-27)25-9-7-6-8-10-25)24(4)33(29)36-34(30)32(21)31-19-22(2)23(3)20-35(31)5/h6-20H,1-5H3/q+1/i2D3,3D3,4D3. The van der Waals surface area contributed by atoms with E-state index in [0.29, 0.717) is 33.2 Å². The van der Waals surface area contributed by atoms with Gasteiger partial charge in [-0.15, -0.1) is 0 Å². The molecule has 6 aromatic rings. The Hall–Kier alpha value is -4.17. The van der Waals surface area contributed by atoms with E-state index < -0.39 is 20.6 Å². The molecular weight excluding hydrogens is 438 g/mol. The van der Waals surface area contributed by atoms with E-state index in [0.717, 1.165) is 22.3 Å². The molecule has 6 rings (SSSR count). The Balaban J connectivity index is 1.60. The van der Waals surface area contributed by atoms with Gasteiger partial charge >= 0.3 is 0 Å². The van der Waals surface area contributed by atoms with E-state index in [2.05, 4.69) is 0 Å². The second-order valence-electron chi connectivity index (χ2n) is 9.14. The molecular formula is C34H30NO+. The predicted octanol–water partition coefficient (Wildman–Crippen LogP) is 8.65. The average molecular weight is 478 g/mol. The van der Waals surface area contributed by atoms with Crippen LogP contribution in [0, 0.1) is 27.5 Å². The first-order valence-corrected chi connectivity index (χ1v) is 11.8. The Kier molecular flexibility index (Phi) is 3.40. The maximum Gasteiger partial charge on any atom is 0.216 e. The Morgan fingerprint density at radius 2 is 1.36 bits per heavy atom. The fourth-order valence-corrected chi connectivity index (χ4v) is 4.93. The Labute approximate surface area is 225 Å². The Bertz CT molecular complexity index is 2070. The number of benzene rings is 4. The molecule has 0 spiro atoms. The maximum atomic E-state index is 8.52. The van der Waals surface area contributed by atoms with Gasteiger partial charge in [0, 0.05) is 40.3 Å². The van der Waals surface area contributed by atoms with Crippen LogP contribution in [0.25, 0.3) is 55.4 Å². The molecule has 0 fully saturated rings. The lowest BCUT2D eigenvalue weighted by molar-refractivity contribution is -0.660. The summed E-state index contributed by atoms with van der Waals surface area (Å²) in [5.41, 5.74) is 5.22. The molecule has 0 saturated carbocycles. The average Bonchev–Trinajstić information content (AvgIpc) is 3.34. The van der Waals surface area contributed by atoms with Crippen LogP contribution in [-0.4, -0.2) is 0 Å². The largest absolute Gasteiger partial charge is 0.455 e. The van der Waals surface area contributed by atoms with Crippen molar-refractivity contribution in [2.75, 3.05) is 0 Å². The quantitative estimate of drug-likeness (QED) is 0.233. The van der Waals surface area contributed by atoms with E-state index in [-0.39, 0.29) is 22.3 Å². The zero-order chi connectivity index (χ0) is 32.5. The smallest absolute Gasteiger partial charge is 0.216 e. The molecule has 0 N–H and O–H groups in total. The van der Waals surface area contributed by atoms with Gasteiger partial charge in [0.25, 0.3) is 0 Å². The van der Waals surface area contributed by atoms with E-state index >= 15 is 0 Å². The van der Waals surface area contributed by atoms with Crippen LogP contribution >= 0.6 is 0 Å². The van der Waals surface area contributed by atoms with Crippen molar-refractivity contribution in [2.45, 2.75) is 27.5 Å². The number of fused-ring (bicyclic) bond motifs is 3. The molecule has 0 amide bonds. The molecule has 0 atom stereocenters. The number of aryl methyl sites for hydroxylation is 5. The summed E-state index contributed by atoms with van der Waals surface area (Å²) in [5, 5.41) is 1.28. The highest BCUT2D eigenvalue weighted by molar-refractivity contribution is 6.11. The molecule has 2 nitrogen and oxygen atoms in total. The zero-order valence-electron chi connectivity index (χ0n) is 29.0. The van der Waals surface area contributed by atoms with E-state index in [4.69, 9.17) is 16.8 Å². The van der Waals surface area contributed by atoms with Crippen molar-refractivity contribution in [1.29, 1.82) is 0 Å². The van der Waals surface area contributed by atoms with Gasteiger partial charge in [-0.3, -0.25) is 0 Å². The molecule has 0 unspecified atom stereocenters. The summed E-state index contributed by atoms with van der Waals surface area (Å²) in [7, 11) is 1.65.